The van der Waals surface area contributed by atoms with Crippen molar-refractivity contribution in [2.24, 2.45) is 5.73 Å². The number of aromatic nitrogens is 3. The van der Waals surface area contributed by atoms with Crippen molar-refractivity contribution in [3.05, 3.63) is 42.5 Å². The number of pyridine rings is 1. The van der Waals surface area contributed by atoms with Crippen LogP contribution in [0.5, 0.6) is 0 Å². The highest BCUT2D eigenvalue weighted by Crippen LogP contribution is 2.45. The summed E-state index contributed by atoms with van der Waals surface area (Å²) in [5.74, 6) is 0.864. The molecule has 2 N–H and O–H groups in total. The van der Waals surface area contributed by atoms with Gasteiger partial charge in [-0.2, -0.15) is 0 Å². The van der Waals surface area contributed by atoms with E-state index in [1.165, 1.54) is 0 Å². The van der Waals surface area contributed by atoms with Gasteiger partial charge in [-0.3, -0.25) is 4.98 Å². The van der Waals surface area contributed by atoms with E-state index in [0.29, 0.717) is 6.54 Å². The molecular weight excluding hydrogens is 212 g/mol. The molecule has 0 spiro atoms. The third-order valence-electron chi connectivity index (χ3n) is 3.30. The molecule has 0 aromatic carbocycles. The fourth-order valence-electron chi connectivity index (χ4n) is 1.94. The monoisotopic (exact) mass is 226 g/mol. The molecule has 1 saturated carbocycles. The van der Waals surface area contributed by atoms with Gasteiger partial charge >= 0.3 is 0 Å². The van der Waals surface area contributed by atoms with Crippen molar-refractivity contribution in [1.82, 2.24) is 15.0 Å². The molecule has 86 valence electrons. The predicted octanol–water partition coefficient (Wildman–Crippen LogP) is 1.53. The predicted molar refractivity (Wildman–Crippen MR) is 65.2 cm³/mol. The number of nitrogens with zero attached hydrogens (tertiary/aromatic N) is 3. The quantitative estimate of drug-likeness (QED) is 0.862. The second kappa shape index (κ2) is 3.89. The first-order valence-electron chi connectivity index (χ1n) is 5.79. The third-order valence-corrected chi connectivity index (χ3v) is 3.30. The summed E-state index contributed by atoms with van der Waals surface area (Å²) in [7, 11) is 0. The van der Waals surface area contributed by atoms with Crippen molar-refractivity contribution in [2.45, 2.75) is 18.3 Å². The lowest BCUT2D eigenvalue weighted by Crippen LogP contribution is -2.22. The molecule has 0 aliphatic heterocycles. The van der Waals surface area contributed by atoms with Crippen LogP contribution in [-0.2, 0) is 5.41 Å². The van der Waals surface area contributed by atoms with Crippen molar-refractivity contribution in [2.75, 3.05) is 6.54 Å². The Labute approximate surface area is 99.9 Å². The fraction of sp³-hybridized carbons (Fsp3) is 0.308. The summed E-state index contributed by atoms with van der Waals surface area (Å²) in [6.45, 7) is 0.624. The van der Waals surface area contributed by atoms with E-state index < -0.39 is 0 Å². The second-order valence-electron chi connectivity index (χ2n) is 4.46. The molecule has 2 aromatic heterocycles. The van der Waals surface area contributed by atoms with Crippen LogP contribution >= 0.6 is 0 Å². The van der Waals surface area contributed by atoms with E-state index in [-0.39, 0.29) is 5.41 Å². The van der Waals surface area contributed by atoms with Crippen molar-refractivity contribution >= 4 is 0 Å². The third kappa shape index (κ3) is 1.80. The highest BCUT2D eigenvalue weighted by molar-refractivity contribution is 5.53. The molecule has 0 radical (unpaired) electrons. The number of rotatable bonds is 3. The summed E-state index contributed by atoms with van der Waals surface area (Å²) >= 11 is 0. The van der Waals surface area contributed by atoms with Crippen LogP contribution in [0.1, 0.15) is 18.7 Å². The first-order valence-corrected chi connectivity index (χ1v) is 5.79. The lowest BCUT2D eigenvalue weighted by atomic mass is 10.1. The first-order chi connectivity index (χ1) is 8.34. The first kappa shape index (κ1) is 10.4. The standard InChI is InChI=1S/C13H14N4/c14-9-13(5-6-13)12-16-8-4-11(17-12)10-3-1-2-7-15-10/h1-4,7-8H,5-6,9,14H2. The lowest BCUT2D eigenvalue weighted by molar-refractivity contribution is 0.649. The van der Waals surface area contributed by atoms with Crippen LogP contribution in [0.15, 0.2) is 36.7 Å². The summed E-state index contributed by atoms with van der Waals surface area (Å²) in [6, 6.07) is 7.69. The van der Waals surface area contributed by atoms with Gasteiger partial charge in [0, 0.05) is 24.4 Å². The maximum Gasteiger partial charge on any atom is 0.136 e. The lowest BCUT2D eigenvalue weighted by Gasteiger charge is -2.11. The molecule has 1 aliphatic carbocycles. The van der Waals surface area contributed by atoms with Crippen molar-refractivity contribution in [3.63, 3.8) is 0 Å². The van der Waals surface area contributed by atoms with Gasteiger partial charge in [0.15, 0.2) is 0 Å². The fourth-order valence-corrected chi connectivity index (χ4v) is 1.94. The van der Waals surface area contributed by atoms with Gasteiger partial charge in [0.05, 0.1) is 11.4 Å². The van der Waals surface area contributed by atoms with Crippen LogP contribution in [0.25, 0.3) is 11.4 Å². The van der Waals surface area contributed by atoms with E-state index >= 15 is 0 Å². The maximum atomic E-state index is 5.79. The number of nitrogens with two attached hydrogens (primary N) is 1. The normalized spacial score (nSPS) is 16.8. The SMILES string of the molecule is NCC1(c2nccc(-c3ccccn3)n2)CC1. The van der Waals surface area contributed by atoms with Gasteiger partial charge in [-0.1, -0.05) is 6.07 Å². The minimum absolute atomic E-state index is 0.0325. The Balaban J connectivity index is 2.00. The van der Waals surface area contributed by atoms with Gasteiger partial charge in [0.25, 0.3) is 0 Å². The Morgan fingerprint density at radius 3 is 2.59 bits per heavy atom. The van der Waals surface area contributed by atoms with Crippen LogP contribution in [0.2, 0.25) is 0 Å². The smallest absolute Gasteiger partial charge is 0.136 e. The number of hydrogen-bond acceptors (Lipinski definition) is 4. The Morgan fingerprint density at radius 1 is 1.06 bits per heavy atom. The van der Waals surface area contributed by atoms with Crippen molar-refractivity contribution in [1.29, 1.82) is 0 Å². The van der Waals surface area contributed by atoms with Gasteiger partial charge in [-0.25, -0.2) is 9.97 Å². The Morgan fingerprint density at radius 2 is 1.94 bits per heavy atom. The topological polar surface area (TPSA) is 64.7 Å². The van der Waals surface area contributed by atoms with Crippen LogP contribution in [-0.4, -0.2) is 21.5 Å². The summed E-state index contributed by atoms with van der Waals surface area (Å²) in [6.07, 6.45) is 5.75. The Bertz CT molecular complexity index is 520. The highest BCUT2D eigenvalue weighted by Gasteiger charge is 2.45. The van der Waals surface area contributed by atoms with E-state index in [1.807, 2.05) is 24.3 Å². The van der Waals surface area contributed by atoms with E-state index in [0.717, 1.165) is 30.1 Å². The average molecular weight is 226 g/mol. The summed E-state index contributed by atoms with van der Waals surface area (Å²) in [5, 5.41) is 0. The molecule has 2 heterocycles. The van der Waals surface area contributed by atoms with E-state index in [1.54, 1.807) is 12.4 Å². The molecule has 2 aromatic rings. The molecule has 1 fully saturated rings. The molecule has 0 amide bonds. The van der Waals surface area contributed by atoms with Crippen LogP contribution in [0, 0.1) is 0 Å². The molecule has 1 aliphatic rings. The van der Waals surface area contributed by atoms with E-state index in [4.69, 9.17) is 5.73 Å². The Kier molecular flexibility index (Phi) is 2.37. The van der Waals surface area contributed by atoms with Gasteiger partial charge in [-0.15, -0.1) is 0 Å². The molecule has 3 rings (SSSR count). The van der Waals surface area contributed by atoms with Gasteiger partial charge in [0.2, 0.25) is 0 Å². The zero-order valence-electron chi connectivity index (χ0n) is 9.50. The molecular formula is C13H14N4. The van der Waals surface area contributed by atoms with Crippen molar-refractivity contribution in [3.8, 4) is 11.4 Å². The van der Waals surface area contributed by atoms with Crippen LogP contribution < -0.4 is 5.73 Å². The highest BCUT2D eigenvalue weighted by atomic mass is 14.9. The zero-order valence-corrected chi connectivity index (χ0v) is 9.50. The van der Waals surface area contributed by atoms with Crippen molar-refractivity contribution < 1.29 is 0 Å². The van der Waals surface area contributed by atoms with E-state index in [9.17, 15) is 0 Å². The van der Waals surface area contributed by atoms with Gasteiger partial charge < -0.3 is 5.73 Å². The van der Waals surface area contributed by atoms with Gasteiger partial charge in [-0.05, 0) is 31.0 Å². The minimum atomic E-state index is 0.0325. The van der Waals surface area contributed by atoms with Crippen LogP contribution in [0.4, 0.5) is 0 Å². The molecule has 0 atom stereocenters. The van der Waals surface area contributed by atoms with Gasteiger partial charge in [0.1, 0.15) is 5.82 Å². The zero-order chi connectivity index (χ0) is 11.7. The molecule has 0 saturated heterocycles. The molecule has 0 bridgehead atoms. The summed E-state index contributed by atoms with van der Waals surface area (Å²) < 4.78 is 0. The average Bonchev–Trinajstić information content (AvgIpc) is 3.21. The minimum Gasteiger partial charge on any atom is -0.329 e. The van der Waals surface area contributed by atoms with E-state index in [2.05, 4.69) is 15.0 Å². The molecule has 17 heavy (non-hydrogen) atoms. The summed E-state index contributed by atoms with van der Waals surface area (Å²) in [5.41, 5.74) is 7.58. The largest absolute Gasteiger partial charge is 0.329 e. The maximum absolute atomic E-state index is 5.79. The molecule has 4 nitrogen and oxygen atoms in total. The van der Waals surface area contributed by atoms with Crippen LogP contribution in [0.3, 0.4) is 0 Å². The Hall–Kier alpha value is -1.81. The molecule has 4 heteroatoms. The molecule has 0 unspecified atom stereocenters. The second-order valence-corrected chi connectivity index (χ2v) is 4.46. The number of hydrogen-bond donors (Lipinski definition) is 1. The summed E-state index contributed by atoms with van der Waals surface area (Å²) in [4.78, 5) is 13.2.